The van der Waals surface area contributed by atoms with Crippen LogP contribution >= 0.6 is 0 Å². The lowest BCUT2D eigenvalue weighted by Gasteiger charge is -2.14. The van der Waals surface area contributed by atoms with Gasteiger partial charge in [0.15, 0.2) is 0 Å². The van der Waals surface area contributed by atoms with Crippen molar-refractivity contribution in [3.8, 4) is 0 Å². The highest BCUT2D eigenvalue weighted by Crippen LogP contribution is 2.18. The van der Waals surface area contributed by atoms with E-state index in [2.05, 4.69) is 10.0 Å². The lowest BCUT2D eigenvalue weighted by Crippen LogP contribution is -2.30. The normalized spacial score (nSPS) is 12.5. The minimum absolute atomic E-state index is 0.153. The van der Waals surface area contributed by atoms with E-state index in [1.807, 2.05) is 0 Å². The van der Waals surface area contributed by atoms with E-state index >= 15 is 0 Å². The lowest BCUT2D eigenvalue weighted by atomic mass is 10.1. The summed E-state index contributed by atoms with van der Waals surface area (Å²) < 4.78 is 15.2. The fourth-order valence-electron chi connectivity index (χ4n) is 2.95. The minimum Gasteiger partial charge on any atom is -0.480 e. The van der Waals surface area contributed by atoms with Crippen LogP contribution in [0.1, 0.15) is 50.1 Å². The molecule has 0 radical (unpaired) electrons. The van der Waals surface area contributed by atoms with E-state index in [4.69, 9.17) is 5.21 Å². The SMILES string of the molecule is O=C(CCCCCCC(=O)Nc1ccc(S(=O)NC(C(=O)O)c2ccccc2)cc1)NO. The van der Waals surface area contributed by atoms with Gasteiger partial charge in [-0.1, -0.05) is 43.2 Å². The van der Waals surface area contributed by atoms with Gasteiger partial charge in [-0.05, 0) is 42.7 Å². The molecule has 0 heterocycles. The molecule has 2 atom stereocenters. The molecule has 0 aromatic heterocycles. The number of aliphatic carboxylic acids is 1. The molecule has 2 rings (SSSR count). The first kappa shape index (κ1) is 25.2. The molecule has 10 heteroatoms. The molecule has 0 saturated heterocycles. The van der Waals surface area contributed by atoms with Crippen LogP contribution in [0.5, 0.6) is 0 Å². The van der Waals surface area contributed by atoms with Crippen LogP contribution in [0.4, 0.5) is 5.69 Å². The average molecular weight is 462 g/mol. The monoisotopic (exact) mass is 461 g/mol. The predicted octanol–water partition coefficient (Wildman–Crippen LogP) is 2.91. The molecule has 0 aliphatic carbocycles. The molecule has 9 nitrogen and oxygen atoms in total. The van der Waals surface area contributed by atoms with Crippen molar-refractivity contribution in [2.24, 2.45) is 0 Å². The Morgan fingerprint density at radius 2 is 1.44 bits per heavy atom. The second kappa shape index (κ2) is 13.4. The Balaban J connectivity index is 1.79. The summed E-state index contributed by atoms with van der Waals surface area (Å²) in [6.45, 7) is 0. The van der Waals surface area contributed by atoms with Gasteiger partial charge in [-0.2, -0.15) is 0 Å². The number of nitrogens with one attached hydrogen (secondary N) is 3. The van der Waals surface area contributed by atoms with Crippen molar-refractivity contribution < 1.29 is 28.9 Å². The first-order valence-electron chi connectivity index (χ1n) is 10.2. The Bertz CT molecular complexity index is 921. The molecule has 0 aliphatic heterocycles. The van der Waals surface area contributed by atoms with Crippen molar-refractivity contribution in [1.29, 1.82) is 0 Å². The highest BCUT2D eigenvalue weighted by Gasteiger charge is 2.22. The molecule has 0 fully saturated rings. The average Bonchev–Trinajstić information content (AvgIpc) is 2.80. The highest BCUT2D eigenvalue weighted by molar-refractivity contribution is 7.83. The van der Waals surface area contributed by atoms with Crippen LogP contribution in [0, 0.1) is 0 Å². The number of carbonyl (C=O) groups excluding carboxylic acids is 2. The highest BCUT2D eigenvalue weighted by atomic mass is 32.2. The molecule has 0 bridgehead atoms. The maximum absolute atomic E-state index is 12.6. The molecule has 0 aliphatic rings. The molecule has 5 N–H and O–H groups in total. The van der Waals surface area contributed by atoms with Crippen LogP contribution in [0.25, 0.3) is 0 Å². The number of rotatable bonds is 13. The summed E-state index contributed by atoms with van der Waals surface area (Å²) >= 11 is 0. The van der Waals surface area contributed by atoms with E-state index in [0.29, 0.717) is 35.4 Å². The Labute approximate surface area is 188 Å². The van der Waals surface area contributed by atoms with Gasteiger partial charge >= 0.3 is 5.97 Å². The van der Waals surface area contributed by atoms with Crippen molar-refractivity contribution in [3.63, 3.8) is 0 Å². The quantitative estimate of drug-likeness (QED) is 0.176. The van der Waals surface area contributed by atoms with E-state index in [0.717, 1.165) is 12.8 Å². The molecule has 0 spiro atoms. The van der Waals surface area contributed by atoms with Crippen molar-refractivity contribution in [2.75, 3.05) is 5.32 Å². The number of amides is 2. The zero-order valence-corrected chi connectivity index (χ0v) is 18.3. The Morgan fingerprint density at radius 3 is 2.00 bits per heavy atom. The Kier molecular flexibility index (Phi) is 10.5. The van der Waals surface area contributed by atoms with Crippen LogP contribution in [0.2, 0.25) is 0 Å². The summed E-state index contributed by atoms with van der Waals surface area (Å²) in [6, 6.07) is 13.7. The molecule has 32 heavy (non-hydrogen) atoms. The molecular weight excluding hydrogens is 434 g/mol. The third-order valence-electron chi connectivity index (χ3n) is 4.64. The van der Waals surface area contributed by atoms with Gasteiger partial charge in [0.1, 0.15) is 17.0 Å². The maximum atomic E-state index is 12.6. The Hall–Kier alpha value is -3.08. The van der Waals surface area contributed by atoms with Crippen LogP contribution in [0.15, 0.2) is 59.5 Å². The van der Waals surface area contributed by atoms with Gasteiger partial charge in [0.05, 0.1) is 4.90 Å². The summed E-state index contributed by atoms with van der Waals surface area (Å²) in [4.78, 5) is 34.9. The van der Waals surface area contributed by atoms with Gasteiger partial charge in [-0.3, -0.25) is 19.6 Å². The van der Waals surface area contributed by atoms with E-state index in [9.17, 15) is 23.7 Å². The summed E-state index contributed by atoms with van der Waals surface area (Å²) in [6.07, 6.45) is 3.49. The first-order chi connectivity index (χ1) is 15.4. The molecule has 2 aromatic rings. The second-order valence-corrected chi connectivity index (χ2v) is 8.33. The summed E-state index contributed by atoms with van der Waals surface area (Å²) in [5.74, 6) is -1.70. The van der Waals surface area contributed by atoms with Gasteiger partial charge in [0, 0.05) is 18.5 Å². The van der Waals surface area contributed by atoms with Gasteiger partial charge in [0.2, 0.25) is 11.8 Å². The second-order valence-electron chi connectivity index (χ2n) is 7.09. The summed E-state index contributed by atoms with van der Waals surface area (Å²) in [7, 11) is -1.76. The van der Waals surface area contributed by atoms with Gasteiger partial charge in [-0.15, -0.1) is 0 Å². The molecule has 0 saturated carbocycles. The lowest BCUT2D eigenvalue weighted by molar-refractivity contribution is -0.139. The van der Waals surface area contributed by atoms with Gasteiger partial charge < -0.3 is 10.4 Å². The molecule has 172 valence electrons. The van der Waals surface area contributed by atoms with Crippen LogP contribution in [0.3, 0.4) is 0 Å². The van der Waals surface area contributed by atoms with E-state index in [1.54, 1.807) is 60.1 Å². The first-order valence-corrected chi connectivity index (χ1v) is 11.3. The van der Waals surface area contributed by atoms with Gasteiger partial charge in [-0.25, -0.2) is 14.4 Å². The molecule has 2 unspecified atom stereocenters. The smallest absolute Gasteiger partial charge is 0.326 e. The third kappa shape index (κ3) is 8.58. The van der Waals surface area contributed by atoms with E-state index < -0.39 is 28.9 Å². The molecule has 2 amide bonds. The fourth-order valence-corrected chi connectivity index (χ4v) is 3.92. The third-order valence-corrected chi connectivity index (χ3v) is 5.79. The zero-order chi connectivity index (χ0) is 23.3. The van der Waals surface area contributed by atoms with Crippen molar-refractivity contribution >= 4 is 34.5 Å². The summed E-state index contributed by atoms with van der Waals surface area (Å²) in [5, 5.41) is 20.6. The van der Waals surface area contributed by atoms with Crippen molar-refractivity contribution in [1.82, 2.24) is 10.2 Å². The number of carboxylic acid groups (broad SMARTS) is 1. The fraction of sp³-hybridized carbons (Fsp3) is 0.318. The number of hydrogen-bond donors (Lipinski definition) is 5. The van der Waals surface area contributed by atoms with Gasteiger partial charge in [0.25, 0.3) is 0 Å². The number of anilines is 1. The minimum atomic E-state index is -1.76. The maximum Gasteiger partial charge on any atom is 0.326 e. The van der Waals surface area contributed by atoms with Crippen LogP contribution < -0.4 is 15.5 Å². The molecular formula is C22H27N3O6S. The zero-order valence-electron chi connectivity index (χ0n) is 17.5. The predicted molar refractivity (Wildman–Crippen MR) is 119 cm³/mol. The van der Waals surface area contributed by atoms with Crippen molar-refractivity contribution in [3.05, 3.63) is 60.2 Å². The largest absolute Gasteiger partial charge is 0.480 e. The van der Waals surface area contributed by atoms with E-state index in [-0.39, 0.29) is 12.3 Å². The standard InChI is InChI=1S/C22H27N3O6S/c26-19(10-6-1-2-7-11-20(27)24-30)23-17-12-14-18(15-13-17)32(31)25-21(22(28)29)16-8-4-3-5-9-16/h3-5,8-9,12-15,21,25,30H,1-2,6-7,10-11H2,(H,23,26)(H,24,27)(H,28,29). The summed E-state index contributed by atoms with van der Waals surface area (Å²) in [5.41, 5.74) is 2.63. The van der Waals surface area contributed by atoms with E-state index in [1.165, 1.54) is 0 Å². The Morgan fingerprint density at radius 1 is 0.844 bits per heavy atom. The number of carbonyl (C=O) groups is 3. The van der Waals surface area contributed by atoms with Crippen molar-refractivity contribution in [2.45, 2.75) is 49.5 Å². The number of hydroxylamine groups is 1. The molecule has 2 aromatic carbocycles. The van der Waals surface area contributed by atoms with Crippen LogP contribution in [-0.4, -0.2) is 32.3 Å². The number of hydrogen-bond acceptors (Lipinski definition) is 5. The number of unbranched alkanes of at least 4 members (excludes halogenated alkanes) is 3. The topological polar surface area (TPSA) is 145 Å². The number of carboxylic acids is 1. The number of benzene rings is 2. The van der Waals surface area contributed by atoms with Crippen LogP contribution in [-0.2, 0) is 25.4 Å².